The number of carbonyl (C=O) groups excluding carboxylic acids is 2. The molecule has 2 N–H and O–H groups in total. The van der Waals surface area contributed by atoms with E-state index in [1.807, 2.05) is 6.07 Å². The molecule has 0 aliphatic carbocycles. The number of ether oxygens (including phenoxy) is 1. The number of hydrogen-bond donors (Lipinski definition) is 2. The molecule has 0 saturated carbocycles. The minimum absolute atomic E-state index is 0.313. The molecule has 2 aromatic rings. The molecular formula is C22H30N4O5S. The normalized spacial score (nSPS) is 11.5. The molecule has 2 amide bonds. The van der Waals surface area contributed by atoms with E-state index in [4.69, 9.17) is 4.74 Å². The second-order valence-corrected chi connectivity index (χ2v) is 10.1. The van der Waals surface area contributed by atoms with Crippen LogP contribution in [0.15, 0.2) is 48.8 Å². The van der Waals surface area contributed by atoms with Gasteiger partial charge >= 0.3 is 6.09 Å². The number of amides is 2. The molecule has 0 radical (unpaired) electrons. The molecule has 0 aliphatic heterocycles. The van der Waals surface area contributed by atoms with Gasteiger partial charge in [-0.1, -0.05) is 12.1 Å². The maximum atomic E-state index is 12.6. The molecule has 9 nitrogen and oxygen atoms in total. The topological polar surface area (TPSA) is 118 Å². The first-order valence-corrected chi connectivity index (χ1v) is 12.0. The first kappa shape index (κ1) is 25.1. The van der Waals surface area contributed by atoms with Gasteiger partial charge in [-0.25, -0.2) is 13.2 Å². The van der Waals surface area contributed by atoms with Crippen LogP contribution in [-0.4, -0.2) is 55.2 Å². The SMILES string of the molecule is CC(C)(C)OC(=O)N(CCCNC(=O)c1cccc(NS(C)(=O)=O)c1)Cc1cccnc1. The van der Waals surface area contributed by atoms with Crippen molar-refractivity contribution in [3.8, 4) is 0 Å². The van der Waals surface area contributed by atoms with Gasteiger partial charge in [0.05, 0.1) is 12.8 Å². The Bertz CT molecular complexity index is 1020. The molecule has 0 unspecified atom stereocenters. The van der Waals surface area contributed by atoms with Crippen LogP contribution < -0.4 is 10.0 Å². The summed E-state index contributed by atoms with van der Waals surface area (Å²) in [6.45, 7) is 6.46. The van der Waals surface area contributed by atoms with Gasteiger partial charge in [-0.15, -0.1) is 0 Å². The van der Waals surface area contributed by atoms with Crippen LogP contribution in [0.1, 0.15) is 43.1 Å². The van der Waals surface area contributed by atoms with Gasteiger partial charge in [0, 0.05) is 36.7 Å². The number of nitrogens with zero attached hydrogens (tertiary/aromatic N) is 2. The van der Waals surface area contributed by atoms with Crippen LogP contribution >= 0.6 is 0 Å². The van der Waals surface area contributed by atoms with Crippen molar-refractivity contribution >= 4 is 27.7 Å². The van der Waals surface area contributed by atoms with Gasteiger partial charge in [-0.2, -0.15) is 0 Å². The van der Waals surface area contributed by atoms with Crippen molar-refractivity contribution in [2.24, 2.45) is 0 Å². The zero-order valence-electron chi connectivity index (χ0n) is 18.8. The van der Waals surface area contributed by atoms with Crippen LogP contribution in [0.4, 0.5) is 10.5 Å². The van der Waals surface area contributed by atoms with E-state index in [1.165, 1.54) is 6.07 Å². The Kier molecular flexibility index (Phi) is 8.59. The molecule has 1 aromatic heterocycles. The Labute approximate surface area is 189 Å². The summed E-state index contributed by atoms with van der Waals surface area (Å²) in [5, 5.41) is 2.79. The fourth-order valence-electron chi connectivity index (χ4n) is 2.79. The number of carbonyl (C=O) groups is 2. The molecule has 0 spiro atoms. The van der Waals surface area contributed by atoms with Crippen LogP contribution in [-0.2, 0) is 21.3 Å². The van der Waals surface area contributed by atoms with E-state index in [1.54, 1.807) is 62.3 Å². The number of anilines is 1. The minimum atomic E-state index is -3.43. The van der Waals surface area contributed by atoms with E-state index in [0.717, 1.165) is 11.8 Å². The molecule has 32 heavy (non-hydrogen) atoms. The standard InChI is InChI=1S/C22H30N4O5S/c1-22(2,3)31-21(28)26(16-17-8-6-11-23-15-17)13-7-12-24-20(27)18-9-5-10-19(14-18)25-32(4,29)30/h5-6,8-11,14-15,25H,7,12-13,16H2,1-4H3,(H,24,27). The predicted octanol–water partition coefficient (Wildman–Crippen LogP) is 3.01. The van der Waals surface area contributed by atoms with E-state index in [9.17, 15) is 18.0 Å². The fraction of sp³-hybridized carbons (Fsp3) is 0.409. The van der Waals surface area contributed by atoms with Gasteiger partial charge < -0.3 is 15.0 Å². The number of aromatic nitrogens is 1. The largest absolute Gasteiger partial charge is 0.444 e. The van der Waals surface area contributed by atoms with Crippen LogP contribution in [0.3, 0.4) is 0 Å². The zero-order chi connectivity index (χ0) is 23.8. The Balaban J connectivity index is 1.93. The number of sulfonamides is 1. The second-order valence-electron chi connectivity index (χ2n) is 8.33. The second kappa shape index (κ2) is 10.9. The van der Waals surface area contributed by atoms with Crippen molar-refractivity contribution in [1.82, 2.24) is 15.2 Å². The lowest BCUT2D eigenvalue weighted by Gasteiger charge is -2.27. The lowest BCUT2D eigenvalue weighted by Crippen LogP contribution is -2.38. The van der Waals surface area contributed by atoms with Crippen molar-refractivity contribution in [3.63, 3.8) is 0 Å². The maximum Gasteiger partial charge on any atom is 0.410 e. The fourth-order valence-corrected chi connectivity index (χ4v) is 3.34. The first-order chi connectivity index (χ1) is 14.9. The maximum absolute atomic E-state index is 12.6. The lowest BCUT2D eigenvalue weighted by atomic mass is 10.2. The highest BCUT2D eigenvalue weighted by molar-refractivity contribution is 7.92. The van der Waals surface area contributed by atoms with Crippen molar-refractivity contribution < 1.29 is 22.7 Å². The minimum Gasteiger partial charge on any atom is -0.444 e. The molecule has 0 atom stereocenters. The molecule has 0 saturated heterocycles. The van der Waals surface area contributed by atoms with E-state index >= 15 is 0 Å². The summed E-state index contributed by atoms with van der Waals surface area (Å²) in [4.78, 5) is 30.7. The van der Waals surface area contributed by atoms with Gasteiger partial charge in [-0.3, -0.25) is 14.5 Å². The van der Waals surface area contributed by atoms with Gasteiger partial charge in [0.15, 0.2) is 0 Å². The summed E-state index contributed by atoms with van der Waals surface area (Å²) in [6.07, 6.45) is 4.47. The van der Waals surface area contributed by atoms with Crippen LogP contribution in [0.25, 0.3) is 0 Å². The van der Waals surface area contributed by atoms with Gasteiger partial charge in [0.2, 0.25) is 10.0 Å². The van der Waals surface area contributed by atoms with Crippen LogP contribution in [0, 0.1) is 0 Å². The Morgan fingerprint density at radius 1 is 1.16 bits per heavy atom. The van der Waals surface area contributed by atoms with Crippen LogP contribution in [0.2, 0.25) is 0 Å². The smallest absolute Gasteiger partial charge is 0.410 e. The van der Waals surface area contributed by atoms with E-state index < -0.39 is 21.7 Å². The number of nitrogens with one attached hydrogen (secondary N) is 2. The van der Waals surface area contributed by atoms with Gasteiger partial charge in [-0.05, 0) is 57.0 Å². The van der Waals surface area contributed by atoms with Crippen molar-refractivity contribution in [3.05, 3.63) is 59.9 Å². The summed E-state index contributed by atoms with van der Waals surface area (Å²) in [5.74, 6) is -0.335. The monoisotopic (exact) mass is 462 g/mol. The van der Waals surface area contributed by atoms with E-state index in [2.05, 4.69) is 15.0 Å². The van der Waals surface area contributed by atoms with Gasteiger partial charge in [0.25, 0.3) is 5.91 Å². The highest BCUT2D eigenvalue weighted by Gasteiger charge is 2.22. The third-order valence-electron chi connectivity index (χ3n) is 4.07. The Morgan fingerprint density at radius 3 is 2.53 bits per heavy atom. The summed E-state index contributed by atoms with van der Waals surface area (Å²) in [7, 11) is -3.43. The van der Waals surface area contributed by atoms with Gasteiger partial charge in [0.1, 0.15) is 5.60 Å². The molecule has 1 aromatic carbocycles. The Morgan fingerprint density at radius 2 is 1.91 bits per heavy atom. The summed E-state index contributed by atoms with van der Waals surface area (Å²) in [6, 6.07) is 9.90. The van der Waals surface area contributed by atoms with Crippen LogP contribution in [0.5, 0.6) is 0 Å². The highest BCUT2D eigenvalue weighted by atomic mass is 32.2. The summed E-state index contributed by atoms with van der Waals surface area (Å²) in [5.41, 5.74) is 0.895. The molecule has 0 fully saturated rings. The third-order valence-corrected chi connectivity index (χ3v) is 4.67. The summed E-state index contributed by atoms with van der Waals surface area (Å²) < 4.78 is 30.6. The van der Waals surface area contributed by atoms with E-state index in [0.29, 0.717) is 37.3 Å². The zero-order valence-corrected chi connectivity index (χ0v) is 19.6. The molecule has 1 heterocycles. The number of pyridine rings is 1. The molecule has 0 aliphatic rings. The quantitative estimate of drug-likeness (QED) is 0.553. The number of rotatable bonds is 9. The molecule has 0 bridgehead atoms. The average Bonchev–Trinajstić information content (AvgIpc) is 2.68. The molecule has 174 valence electrons. The lowest BCUT2D eigenvalue weighted by molar-refractivity contribution is 0.0232. The van der Waals surface area contributed by atoms with Crippen molar-refractivity contribution in [2.45, 2.75) is 39.3 Å². The first-order valence-electron chi connectivity index (χ1n) is 10.2. The molecule has 10 heteroatoms. The predicted molar refractivity (Wildman–Crippen MR) is 123 cm³/mol. The number of hydrogen-bond acceptors (Lipinski definition) is 6. The Hall–Kier alpha value is -3.14. The van der Waals surface area contributed by atoms with E-state index in [-0.39, 0.29) is 5.91 Å². The van der Waals surface area contributed by atoms with Crippen molar-refractivity contribution in [1.29, 1.82) is 0 Å². The molecular weight excluding hydrogens is 432 g/mol. The number of benzene rings is 1. The van der Waals surface area contributed by atoms with Crippen molar-refractivity contribution in [2.75, 3.05) is 24.1 Å². The highest BCUT2D eigenvalue weighted by Crippen LogP contribution is 2.14. The summed E-state index contributed by atoms with van der Waals surface area (Å²) >= 11 is 0. The third kappa shape index (κ3) is 9.34. The average molecular weight is 463 g/mol. The molecule has 2 rings (SSSR count).